The molecule has 22 heavy (non-hydrogen) atoms. The molecule has 4 heteroatoms. The molecule has 0 heterocycles. The molecule has 0 saturated carbocycles. The van der Waals surface area contributed by atoms with E-state index in [-0.39, 0.29) is 18.4 Å². The SMILES string of the molecule is CCc1ccccc1N(CC(C)C(=O)O)C(=O)C(CC)CC. The highest BCUT2D eigenvalue weighted by molar-refractivity contribution is 5.96. The summed E-state index contributed by atoms with van der Waals surface area (Å²) >= 11 is 0. The molecule has 0 saturated heterocycles. The number of carbonyl (C=O) groups excluding carboxylic acids is 1. The average molecular weight is 305 g/mol. The van der Waals surface area contributed by atoms with E-state index in [0.29, 0.717) is 0 Å². The molecule has 0 aliphatic heterocycles. The van der Waals surface area contributed by atoms with Gasteiger partial charge in [0.25, 0.3) is 0 Å². The van der Waals surface area contributed by atoms with E-state index >= 15 is 0 Å². The third kappa shape index (κ3) is 4.33. The smallest absolute Gasteiger partial charge is 0.308 e. The lowest BCUT2D eigenvalue weighted by Gasteiger charge is -2.29. The van der Waals surface area contributed by atoms with Gasteiger partial charge in [-0.2, -0.15) is 0 Å². The highest BCUT2D eigenvalue weighted by Gasteiger charge is 2.27. The van der Waals surface area contributed by atoms with Crippen LogP contribution in [-0.2, 0) is 16.0 Å². The number of aryl methyl sites for hydroxylation is 1. The van der Waals surface area contributed by atoms with Gasteiger partial charge < -0.3 is 10.0 Å². The average Bonchev–Trinajstić information content (AvgIpc) is 2.53. The molecule has 0 radical (unpaired) electrons. The zero-order chi connectivity index (χ0) is 16.7. The van der Waals surface area contributed by atoms with Gasteiger partial charge >= 0.3 is 5.97 Å². The van der Waals surface area contributed by atoms with Crippen LogP contribution in [0, 0.1) is 11.8 Å². The van der Waals surface area contributed by atoms with Crippen LogP contribution < -0.4 is 4.90 Å². The topological polar surface area (TPSA) is 57.6 Å². The summed E-state index contributed by atoms with van der Waals surface area (Å²) in [4.78, 5) is 25.8. The van der Waals surface area contributed by atoms with Crippen LogP contribution in [0.3, 0.4) is 0 Å². The van der Waals surface area contributed by atoms with E-state index in [1.54, 1.807) is 11.8 Å². The Morgan fingerprint density at radius 1 is 1.14 bits per heavy atom. The molecule has 1 atom stereocenters. The first-order valence-corrected chi connectivity index (χ1v) is 8.08. The summed E-state index contributed by atoms with van der Waals surface area (Å²) in [6.45, 7) is 7.89. The van der Waals surface area contributed by atoms with Gasteiger partial charge in [0.15, 0.2) is 0 Å². The molecule has 1 unspecified atom stereocenters. The molecule has 4 nitrogen and oxygen atoms in total. The van der Waals surface area contributed by atoms with Crippen molar-refractivity contribution in [2.75, 3.05) is 11.4 Å². The lowest BCUT2D eigenvalue weighted by molar-refractivity contribution is -0.140. The standard InChI is InChI=1S/C18H27NO3/c1-5-14(6-2)17(20)19(12-13(4)18(21)22)16-11-9-8-10-15(16)7-3/h8-11,13-14H,5-7,12H2,1-4H3,(H,21,22). The minimum absolute atomic E-state index is 0.0269. The van der Waals surface area contributed by atoms with Gasteiger partial charge in [-0.25, -0.2) is 0 Å². The van der Waals surface area contributed by atoms with E-state index < -0.39 is 11.9 Å². The third-order valence-electron chi connectivity index (χ3n) is 4.14. The summed E-state index contributed by atoms with van der Waals surface area (Å²) in [7, 11) is 0. The van der Waals surface area contributed by atoms with Crippen LogP contribution in [0.25, 0.3) is 0 Å². The zero-order valence-electron chi connectivity index (χ0n) is 14.0. The number of amides is 1. The van der Waals surface area contributed by atoms with Crippen LogP contribution in [-0.4, -0.2) is 23.5 Å². The van der Waals surface area contributed by atoms with E-state index in [1.807, 2.05) is 45.0 Å². The van der Waals surface area contributed by atoms with Gasteiger partial charge in [0.05, 0.1) is 5.92 Å². The molecule has 1 rings (SSSR count). The van der Waals surface area contributed by atoms with Crippen molar-refractivity contribution < 1.29 is 14.7 Å². The summed E-state index contributed by atoms with van der Waals surface area (Å²) < 4.78 is 0. The van der Waals surface area contributed by atoms with Crippen molar-refractivity contribution in [1.29, 1.82) is 0 Å². The molecule has 122 valence electrons. The molecule has 1 aromatic rings. The molecule has 0 bridgehead atoms. The number of nitrogens with zero attached hydrogens (tertiary/aromatic N) is 1. The predicted molar refractivity (Wildman–Crippen MR) is 89.0 cm³/mol. The van der Waals surface area contributed by atoms with Gasteiger partial charge in [-0.1, -0.05) is 45.9 Å². The largest absolute Gasteiger partial charge is 0.481 e. The Bertz CT molecular complexity index is 509. The monoisotopic (exact) mass is 305 g/mol. The number of hydrogen-bond acceptors (Lipinski definition) is 2. The van der Waals surface area contributed by atoms with Gasteiger partial charge in [-0.15, -0.1) is 0 Å². The Hall–Kier alpha value is -1.84. The van der Waals surface area contributed by atoms with Crippen molar-refractivity contribution in [3.63, 3.8) is 0 Å². The molecule has 0 fully saturated rings. The minimum atomic E-state index is -0.878. The van der Waals surface area contributed by atoms with Crippen LogP contribution in [0.15, 0.2) is 24.3 Å². The maximum atomic E-state index is 12.9. The highest BCUT2D eigenvalue weighted by atomic mass is 16.4. The van der Waals surface area contributed by atoms with Crippen molar-refractivity contribution >= 4 is 17.6 Å². The molecule has 1 N–H and O–H groups in total. The fraction of sp³-hybridized carbons (Fsp3) is 0.556. The summed E-state index contributed by atoms with van der Waals surface area (Å²) in [5.74, 6) is -1.51. The fourth-order valence-corrected chi connectivity index (χ4v) is 2.59. The second kappa shape index (κ2) is 8.57. The summed E-state index contributed by atoms with van der Waals surface area (Å²) in [6, 6.07) is 7.75. The molecular formula is C18H27NO3. The first-order valence-electron chi connectivity index (χ1n) is 8.08. The Morgan fingerprint density at radius 2 is 1.73 bits per heavy atom. The van der Waals surface area contributed by atoms with E-state index in [0.717, 1.165) is 30.5 Å². The van der Waals surface area contributed by atoms with E-state index in [4.69, 9.17) is 0 Å². The maximum Gasteiger partial charge on any atom is 0.308 e. The van der Waals surface area contributed by atoms with Gasteiger partial charge in [0.1, 0.15) is 0 Å². The van der Waals surface area contributed by atoms with E-state index in [2.05, 4.69) is 0 Å². The molecular weight excluding hydrogens is 278 g/mol. The maximum absolute atomic E-state index is 12.9. The summed E-state index contributed by atoms with van der Waals surface area (Å²) in [6.07, 6.45) is 2.34. The summed E-state index contributed by atoms with van der Waals surface area (Å²) in [5, 5.41) is 9.20. The van der Waals surface area contributed by atoms with Crippen LogP contribution in [0.1, 0.15) is 46.1 Å². The highest BCUT2D eigenvalue weighted by Crippen LogP contribution is 2.25. The lowest BCUT2D eigenvalue weighted by Crippen LogP contribution is -2.41. The zero-order valence-corrected chi connectivity index (χ0v) is 14.0. The number of benzene rings is 1. The molecule has 1 amide bonds. The number of para-hydroxylation sites is 1. The number of carbonyl (C=O) groups is 2. The number of carboxylic acid groups (broad SMARTS) is 1. The lowest BCUT2D eigenvalue weighted by atomic mass is 9.99. The van der Waals surface area contributed by atoms with Gasteiger partial charge in [-0.3, -0.25) is 9.59 Å². The number of rotatable bonds is 8. The number of anilines is 1. The van der Waals surface area contributed by atoms with Crippen LogP contribution in [0.4, 0.5) is 5.69 Å². The normalized spacial score (nSPS) is 12.2. The second-order valence-electron chi connectivity index (χ2n) is 5.68. The van der Waals surface area contributed by atoms with Crippen molar-refractivity contribution in [3.8, 4) is 0 Å². The first-order chi connectivity index (χ1) is 10.5. The molecule has 0 aliphatic rings. The Kier molecular flexibility index (Phi) is 7.09. The van der Waals surface area contributed by atoms with Crippen molar-refractivity contribution in [3.05, 3.63) is 29.8 Å². The Labute approximate surface area is 133 Å². The van der Waals surface area contributed by atoms with Crippen molar-refractivity contribution in [1.82, 2.24) is 0 Å². The van der Waals surface area contributed by atoms with Crippen molar-refractivity contribution in [2.24, 2.45) is 11.8 Å². The minimum Gasteiger partial charge on any atom is -0.481 e. The molecule has 0 aliphatic carbocycles. The van der Waals surface area contributed by atoms with E-state index in [1.165, 1.54) is 0 Å². The van der Waals surface area contributed by atoms with Gasteiger partial charge in [0.2, 0.25) is 5.91 Å². The predicted octanol–water partition coefficient (Wildman–Crippen LogP) is 3.74. The number of aliphatic carboxylic acids is 1. The molecule has 0 spiro atoms. The molecule has 1 aromatic carbocycles. The second-order valence-corrected chi connectivity index (χ2v) is 5.68. The van der Waals surface area contributed by atoms with Gasteiger partial charge in [0, 0.05) is 18.2 Å². The fourth-order valence-electron chi connectivity index (χ4n) is 2.59. The van der Waals surface area contributed by atoms with Gasteiger partial charge in [-0.05, 0) is 30.9 Å². The number of hydrogen-bond donors (Lipinski definition) is 1. The van der Waals surface area contributed by atoms with E-state index in [9.17, 15) is 14.7 Å². The molecule has 0 aromatic heterocycles. The first kappa shape index (κ1) is 18.2. The Balaban J connectivity index is 3.21. The number of carboxylic acids is 1. The van der Waals surface area contributed by atoms with Crippen LogP contribution in [0.5, 0.6) is 0 Å². The summed E-state index contributed by atoms with van der Waals surface area (Å²) in [5.41, 5.74) is 1.91. The van der Waals surface area contributed by atoms with Crippen LogP contribution >= 0.6 is 0 Å². The van der Waals surface area contributed by atoms with Crippen LogP contribution in [0.2, 0.25) is 0 Å². The third-order valence-corrected chi connectivity index (χ3v) is 4.14. The quantitative estimate of drug-likeness (QED) is 0.796. The van der Waals surface area contributed by atoms with Crippen molar-refractivity contribution in [2.45, 2.75) is 47.0 Å². The Morgan fingerprint density at radius 3 is 2.23 bits per heavy atom.